The van der Waals surface area contributed by atoms with Crippen LogP contribution in [-0.2, 0) is 6.54 Å². The first-order chi connectivity index (χ1) is 6.75. The molecule has 1 aromatic rings. The Balaban J connectivity index is 2.46. The van der Waals surface area contributed by atoms with Crippen LogP contribution in [0.1, 0.15) is 12.0 Å². The van der Waals surface area contributed by atoms with Gasteiger partial charge in [0.2, 0.25) is 0 Å². The van der Waals surface area contributed by atoms with E-state index in [-0.39, 0.29) is 12.4 Å². The van der Waals surface area contributed by atoms with Crippen molar-refractivity contribution in [1.82, 2.24) is 5.32 Å². The summed E-state index contributed by atoms with van der Waals surface area (Å²) in [4.78, 5) is 0. The lowest BCUT2D eigenvalue weighted by atomic mass is 10.2. The highest BCUT2D eigenvalue weighted by Crippen LogP contribution is 2.26. The van der Waals surface area contributed by atoms with E-state index in [0.29, 0.717) is 18.0 Å². The predicted octanol–water partition coefficient (Wildman–Crippen LogP) is 1.52. The number of halogens is 1. The molecule has 0 radical (unpaired) electrons. The first kappa shape index (κ1) is 11.3. The fraction of sp³-hybridized carbons (Fsp3) is 0.400. The predicted molar refractivity (Wildman–Crippen MR) is 56.5 cm³/mol. The highest BCUT2D eigenvalue weighted by atomic mass is 35.5. The van der Waals surface area contributed by atoms with Gasteiger partial charge in [-0.2, -0.15) is 0 Å². The van der Waals surface area contributed by atoms with Gasteiger partial charge in [0.15, 0.2) is 0 Å². The number of para-hydroxylation sites is 1. The minimum absolute atomic E-state index is 0.130. The Bertz CT molecular complexity index is 291. The third-order valence-corrected chi connectivity index (χ3v) is 2.20. The topological polar surface area (TPSA) is 52.5 Å². The molecule has 0 atom stereocenters. The molecule has 1 aromatic carbocycles. The van der Waals surface area contributed by atoms with Gasteiger partial charge in [-0.1, -0.05) is 23.7 Å². The van der Waals surface area contributed by atoms with Crippen LogP contribution in [0.5, 0.6) is 5.75 Å². The first-order valence-electron chi connectivity index (χ1n) is 4.53. The first-order valence-corrected chi connectivity index (χ1v) is 4.91. The molecule has 3 N–H and O–H groups in total. The molecule has 3 nitrogen and oxygen atoms in total. The van der Waals surface area contributed by atoms with Crippen LogP contribution in [0.25, 0.3) is 0 Å². The van der Waals surface area contributed by atoms with Gasteiger partial charge in [-0.05, 0) is 19.0 Å². The van der Waals surface area contributed by atoms with Crippen LogP contribution >= 0.6 is 11.6 Å². The van der Waals surface area contributed by atoms with Crippen molar-refractivity contribution in [2.24, 2.45) is 0 Å². The van der Waals surface area contributed by atoms with E-state index in [9.17, 15) is 5.11 Å². The number of benzene rings is 1. The molecule has 0 amide bonds. The van der Waals surface area contributed by atoms with Gasteiger partial charge in [-0.15, -0.1) is 0 Å². The van der Waals surface area contributed by atoms with Crippen LogP contribution in [0.2, 0.25) is 5.02 Å². The van der Waals surface area contributed by atoms with Crippen molar-refractivity contribution in [3.63, 3.8) is 0 Å². The zero-order valence-electron chi connectivity index (χ0n) is 7.83. The molecule has 0 unspecified atom stereocenters. The van der Waals surface area contributed by atoms with Crippen molar-refractivity contribution in [3.05, 3.63) is 28.8 Å². The quantitative estimate of drug-likeness (QED) is 0.653. The van der Waals surface area contributed by atoms with Crippen molar-refractivity contribution in [2.75, 3.05) is 13.2 Å². The molecule has 1 rings (SSSR count). The Morgan fingerprint density at radius 2 is 2.14 bits per heavy atom. The van der Waals surface area contributed by atoms with Crippen LogP contribution in [0.3, 0.4) is 0 Å². The van der Waals surface area contributed by atoms with Gasteiger partial charge in [0, 0.05) is 18.7 Å². The third-order valence-electron chi connectivity index (χ3n) is 1.90. The Hall–Kier alpha value is -0.770. The van der Waals surface area contributed by atoms with Crippen LogP contribution in [0, 0.1) is 0 Å². The summed E-state index contributed by atoms with van der Waals surface area (Å²) < 4.78 is 0. The largest absolute Gasteiger partial charge is 0.506 e. The number of phenolic OH excluding ortho intramolecular Hbond substituents is 1. The van der Waals surface area contributed by atoms with E-state index >= 15 is 0 Å². The van der Waals surface area contributed by atoms with Gasteiger partial charge in [-0.25, -0.2) is 0 Å². The maximum absolute atomic E-state index is 9.53. The lowest BCUT2D eigenvalue weighted by Gasteiger charge is -2.06. The number of aliphatic hydroxyl groups excluding tert-OH is 1. The van der Waals surface area contributed by atoms with Crippen molar-refractivity contribution in [2.45, 2.75) is 13.0 Å². The van der Waals surface area contributed by atoms with Crippen LogP contribution in [-0.4, -0.2) is 23.4 Å². The normalized spacial score (nSPS) is 10.4. The maximum atomic E-state index is 9.53. The van der Waals surface area contributed by atoms with E-state index in [2.05, 4.69) is 5.32 Å². The van der Waals surface area contributed by atoms with Gasteiger partial charge in [0.05, 0.1) is 5.02 Å². The zero-order chi connectivity index (χ0) is 10.4. The number of nitrogens with one attached hydrogen (secondary N) is 1. The Morgan fingerprint density at radius 1 is 1.36 bits per heavy atom. The molecule has 0 fully saturated rings. The molecular formula is C10H14ClNO2. The molecule has 0 aliphatic carbocycles. The van der Waals surface area contributed by atoms with E-state index < -0.39 is 0 Å². The summed E-state index contributed by atoms with van der Waals surface area (Å²) in [5, 5.41) is 21.5. The van der Waals surface area contributed by atoms with Gasteiger partial charge in [0.1, 0.15) is 5.75 Å². The molecule has 4 heteroatoms. The second-order valence-electron chi connectivity index (χ2n) is 3.00. The summed E-state index contributed by atoms with van der Waals surface area (Å²) in [6, 6.07) is 5.26. The summed E-state index contributed by atoms with van der Waals surface area (Å²) >= 11 is 5.74. The van der Waals surface area contributed by atoms with Crippen molar-refractivity contribution < 1.29 is 10.2 Å². The Morgan fingerprint density at radius 3 is 2.86 bits per heavy atom. The van der Waals surface area contributed by atoms with Crippen LogP contribution in [0.4, 0.5) is 0 Å². The van der Waals surface area contributed by atoms with E-state index in [0.717, 1.165) is 12.1 Å². The van der Waals surface area contributed by atoms with E-state index in [1.54, 1.807) is 12.1 Å². The number of rotatable bonds is 5. The van der Waals surface area contributed by atoms with Crippen LogP contribution in [0.15, 0.2) is 18.2 Å². The third kappa shape index (κ3) is 3.18. The second-order valence-corrected chi connectivity index (χ2v) is 3.41. The van der Waals surface area contributed by atoms with Crippen molar-refractivity contribution >= 4 is 11.6 Å². The van der Waals surface area contributed by atoms with E-state index in [1.165, 1.54) is 0 Å². The summed E-state index contributed by atoms with van der Waals surface area (Å²) in [6.45, 7) is 1.46. The van der Waals surface area contributed by atoms with Gasteiger partial charge >= 0.3 is 0 Å². The monoisotopic (exact) mass is 215 g/mol. The molecule has 0 spiro atoms. The lowest BCUT2D eigenvalue weighted by molar-refractivity contribution is 0.286. The van der Waals surface area contributed by atoms with Gasteiger partial charge in [-0.3, -0.25) is 0 Å². The molecule has 0 saturated heterocycles. The highest BCUT2D eigenvalue weighted by Gasteiger charge is 2.03. The molecule has 78 valence electrons. The average Bonchev–Trinajstić information content (AvgIpc) is 2.19. The van der Waals surface area contributed by atoms with E-state index in [1.807, 2.05) is 6.07 Å². The standard InChI is InChI=1S/C10H14ClNO2/c11-9-4-1-3-8(10(9)14)7-12-5-2-6-13/h1,3-4,12-14H,2,5-7H2. The molecule has 0 saturated carbocycles. The van der Waals surface area contributed by atoms with Crippen molar-refractivity contribution in [3.8, 4) is 5.75 Å². The molecule has 0 heterocycles. The minimum Gasteiger partial charge on any atom is -0.506 e. The SMILES string of the molecule is OCCCNCc1cccc(Cl)c1O. The number of hydrogen-bond donors (Lipinski definition) is 3. The fourth-order valence-corrected chi connectivity index (χ4v) is 1.32. The average molecular weight is 216 g/mol. The maximum Gasteiger partial charge on any atom is 0.138 e. The molecule has 0 aromatic heterocycles. The molecule has 0 aliphatic rings. The molecule has 0 aliphatic heterocycles. The Labute approximate surface area is 88.3 Å². The second kappa shape index (κ2) is 5.86. The van der Waals surface area contributed by atoms with Crippen molar-refractivity contribution in [1.29, 1.82) is 0 Å². The molecule has 14 heavy (non-hydrogen) atoms. The smallest absolute Gasteiger partial charge is 0.138 e. The summed E-state index contributed by atoms with van der Waals surface area (Å²) in [5.74, 6) is 0.130. The summed E-state index contributed by atoms with van der Waals surface area (Å²) in [5.41, 5.74) is 0.774. The lowest BCUT2D eigenvalue weighted by Crippen LogP contribution is -2.15. The number of phenols is 1. The van der Waals surface area contributed by atoms with E-state index in [4.69, 9.17) is 16.7 Å². The number of aromatic hydroxyl groups is 1. The summed E-state index contributed by atoms with van der Waals surface area (Å²) in [6.07, 6.45) is 0.710. The highest BCUT2D eigenvalue weighted by molar-refractivity contribution is 6.32. The molecule has 0 bridgehead atoms. The van der Waals surface area contributed by atoms with Crippen LogP contribution < -0.4 is 5.32 Å². The Kier molecular flexibility index (Phi) is 4.73. The molecular weight excluding hydrogens is 202 g/mol. The van der Waals surface area contributed by atoms with Gasteiger partial charge < -0.3 is 15.5 Å². The summed E-state index contributed by atoms with van der Waals surface area (Å²) in [7, 11) is 0. The van der Waals surface area contributed by atoms with Gasteiger partial charge in [0.25, 0.3) is 0 Å². The number of aliphatic hydroxyl groups is 1. The minimum atomic E-state index is 0.130. The number of hydrogen-bond acceptors (Lipinski definition) is 3. The zero-order valence-corrected chi connectivity index (χ0v) is 8.59. The fourth-order valence-electron chi connectivity index (χ4n) is 1.13.